The highest BCUT2D eigenvalue weighted by Crippen LogP contribution is 2.18. The molecule has 0 saturated heterocycles. The lowest BCUT2D eigenvalue weighted by Gasteiger charge is -2.33. The summed E-state index contributed by atoms with van der Waals surface area (Å²) < 4.78 is 26.3. The van der Waals surface area contributed by atoms with E-state index in [-0.39, 0.29) is 18.9 Å². The number of hydrogen-bond acceptors (Lipinski definition) is 4. The van der Waals surface area contributed by atoms with E-state index in [1.165, 1.54) is 0 Å². The minimum absolute atomic E-state index is 0.0588. The molecule has 0 aromatic carbocycles. The van der Waals surface area contributed by atoms with E-state index >= 15 is 0 Å². The molecule has 2 unspecified atom stereocenters. The number of nitriles is 1. The van der Waals surface area contributed by atoms with Crippen molar-refractivity contribution in [2.24, 2.45) is 11.7 Å². The molecule has 0 aliphatic heterocycles. The minimum atomic E-state index is -3.63. The standard InChI is InChI=1S/C10H21N3O2S/c1-5-9(6-11)16(14,15)13-10(4,7-12)8(2)3/h8-9,13H,5,7,12H2,1-4H3. The minimum Gasteiger partial charge on any atom is -0.329 e. The maximum Gasteiger partial charge on any atom is 0.228 e. The molecule has 94 valence electrons. The lowest BCUT2D eigenvalue weighted by molar-refractivity contribution is 0.314. The fraction of sp³-hybridized carbons (Fsp3) is 0.900. The summed E-state index contributed by atoms with van der Waals surface area (Å²) in [6.07, 6.45) is 0.268. The van der Waals surface area contributed by atoms with Gasteiger partial charge in [0.2, 0.25) is 10.0 Å². The molecule has 5 nitrogen and oxygen atoms in total. The summed E-state index contributed by atoms with van der Waals surface area (Å²) in [4.78, 5) is 0. The predicted molar refractivity (Wildman–Crippen MR) is 64.0 cm³/mol. The second kappa shape index (κ2) is 5.62. The fourth-order valence-corrected chi connectivity index (χ4v) is 2.86. The summed E-state index contributed by atoms with van der Waals surface area (Å²) in [7, 11) is -3.63. The smallest absolute Gasteiger partial charge is 0.228 e. The second-order valence-corrected chi connectivity index (χ2v) is 6.31. The lowest BCUT2D eigenvalue weighted by atomic mass is 9.90. The number of hydrogen-bond donors (Lipinski definition) is 2. The molecule has 0 fully saturated rings. The molecule has 2 atom stereocenters. The fourth-order valence-electron chi connectivity index (χ4n) is 1.17. The molecule has 0 aromatic heterocycles. The molecule has 0 bridgehead atoms. The van der Waals surface area contributed by atoms with Crippen molar-refractivity contribution in [3.05, 3.63) is 0 Å². The Morgan fingerprint density at radius 1 is 1.50 bits per heavy atom. The van der Waals surface area contributed by atoms with E-state index < -0.39 is 20.8 Å². The van der Waals surface area contributed by atoms with E-state index in [9.17, 15) is 8.42 Å². The van der Waals surface area contributed by atoms with Crippen molar-refractivity contribution in [1.29, 1.82) is 5.26 Å². The number of sulfonamides is 1. The Bertz CT molecular complexity index is 359. The Kier molecular flexibility index (Phi) is 5.39. The molecule has 0 aromatic rings. The van der Waals surface area contributed by atoms with Gasteiger partial charge in [0.05, 0.1) is 6.07 Å². The van der Waals surface area contributed by atoms with Crippen LogP contribution in [0, 0.1) is 17.2 Å². The molecule has 0 amide bonds. The van der Waals surface area contributed by atoms with Crippen molar-refractivity contribution in [2.45, 2.75) is 44.9 Å². The van der Waals surface area contributed by atoms with Gasteiger partial charge in [0.1, 0.15) is 0 Å². The largest absolute Gasteiger partial charge is 0.329 e. The van der Waals surface area contributed by atoms with Gasteiger partial charge in [-0.1, -0.05) is 20.8 Å². The number of nitrogens with two attached hydrogens (primary N) is 1. The number of nitrogens with one attached hydrogen (secondary N) is 1. The number of rotatable bonds is 6. The third kappa shape index (κ3) is 3.44. The molecule has 3 N–H and O–H groups in total. The van der Waals surface area contributed by atoms with Crippen molar-refractivity contribution >= 4 is 10.0 Å². The van der Waals surface area contributed by atoms with Crippen LogP contribution in [0.3, 0.4) is 0 Å². The highest BCUT2D eigenvalue weighted by Gasteiger charge is 2.35. The van der Waals surface area contributed by atoms with Gasteiger partial charge in [-0.15, -0.1) is 0 Å². The Morgan fingerprint density at radius 2 is 2.00 bits per heavy atom. The Balaban J connectivity index is 5.04. The zero-order valence-electron chi connectivity index (χ0n) is 10.3. The number of nitrogens with zero attached hydrogens (tertiary/aromatic N) is 1. The van der Waals surface area contributed by atoms with Gasteiger partial charge in [0.15, 0.2) is 5.25 Å². The van der Waals surface area contributed by atoms with Gasteiger partial charge >= 0.3 is 0 Å². The molecule has 0 aliphatic rings. The first-order valence-electron chi connectivity index (χ1n) is 5.36. The van der Waals surface area contributed by atoms with Gasteiger partial charge in [0, 0.05) is 12.1 Å². The van der Waals surface area contributed by atoms with Crippen LogP contribution >= 0.6 is 0 Å². The van der Waals surface area contributed by atoms with E-state index in [1.54, 1.807) is 19.9 Å². The summed E-state index contributed by atoms with van der Waals surface area (Å²) in [6.45, 7) is 7.40. The Labute approximate surface area is 98.1 Å². The summed E-state index contributed by atoms with van der Waals surface area (Å²) in [5, 5.41) is 7.75. The topological polar surface area (TPSA) is 96.0 Å². The van der Waals surface area contributed by atoms with Crippen LogP contribution in [-0.4, -0.2) is 25.8 Å². The Morgan fingerprint density at radius 3 is 2.25 bits per heavy atom. The van der Waals surface area contributed by atoms with Crippen molar-refractivity contribution in [3.8, 4) is 6.07 Å². The first-order valence-corrected chi connectivity index (χ1v) is 6.90. The average Bonchev–Trinajstić information content (AvgIpc) is 2.17. The molecule has 6 heteroatoms. The molecule has 0 rings (SSSR count). The van der Waals surface area contributed by atoms with Crippen LogP contribution in [0.25, 0.3) is 0 Å². The summed E-state index contributed by atoms with van der Waals surface area (Å²) in [6, 6.07) is 1.79. The quantitative estimate of drug-likeness (QED) is 0.717. The Hall–Kier alpha value is -0.640. The van der Waals surface area contributed by atoms with Crippen LogP contribution in [0.4, 0.5) is 0 Å². The first-order chi connectivity index (χ1) is 7.23. The SMILES string of the molecule is CCC(C#N)S(=O)(=O)NC(C)(CN)C(C)C. The summed E-state index contributed by atoms with van der Waals surface area (Å²) >= 11 is 0. The first kappa shape index (κ1) is 15.4. The monoisotopic (exact) mass is 247 g/mol. The third-order valence-electron chi connectivity index (χ3n) is 2.96. The molecule has 0 radical (unpaired) electrons. The van der Waals surface area contributed by atoms with E-state index in [2.05, 4.69) is 4.72 Å². The van der Waals surface area contributed by atoms with Crippen molar-refractivity contribution in [2.75, 3.05) is 6.54 Å². The zero-order chi connectivity index (χ0) is 13.0. The summed E-state index contributed by atoms with van der Waals surface area (Å²) in [5.74, 6) is 0.0588. The van der Waals surface area contributed by atoms with Crippen molar-refractivity contribution in [3.63, 3.8) is 0 Å². The molecule has 0 saturated carbocycles. The average molecular weight is 247 g/mol. The van der Waals surface area contributed by atoms with Crippen LogP contribution in [0.1, 0.15) is 34.1 Å². The van der Waals surface area contributed by atoms with Gasteiger partial charge in [-0.3, -0.25) is 0 Å². The molecular weight excluding hydrogens is 226 g/mol. The zero-order valence-corrected chi connectivity index (χ0v) is 11.1. The highest BCUT2D eigenvalue weighted by atomic mass is 32.2. The second-order valence-electron chi connectivity index (χ2n) is 4.45. The molecule has 0 aliphatic carbocycles. The maximum atomic E-state index is 11.9. The van der Waals surface area contributed by atoms with E-state index in [0.29, 0.717) is 0 Å². The van der Waals surface area contributed by atoms with Crippen LogP contribution in [0.15, 0.2) is 0 Å². The highest BCUT2D eigenvalue weighted by molar-refractivity contribution is 7.90. The van der Waals surface area contributed by atoms with Gasteiger partial charge in [-0.2, -0.15) is 5.26 Å². The van der Waals surface area contributed by atoms with E-state index in [0.717, 1.165) is 0 Å². The van der Waals surface area contributed by atoms with Crippen LogP contribution < -0.4 is 10.5 Å². The maximum absolute atomic E-state index is 11.9. The van der Waals surface area contributed by atoms with Gasteiger partial charge in [-0.25, -0.2) is 13.1 Å². The van der Waals surface area contributed by atoms with Gasteiger partial charge in [-0.05, 0) is 19.3 Å². The molecular formula is C10H21N3O2S. The van der Waals surface area contributed by atoms with E-state index in [1.807, 2.05) is 13.8 Å². The molecule has 16 heavy (non-hydrogen) atoms. The normalized spacial score (nSPS) is 17.8. The van der Waals surface area contributed by atoms with Crippen molar-refractivity contribution < 1.29 is 8.42 Å². The molecule has 0 heterocycles. The van der Waals surface area contributed by atoms with Crippen molar-refractivity contribution in [1.82, 2.24) is 4.72 Å². The summed E-state index contributed by atoms with van der Waals surface area (Å²) in [5.41, 5.74) is 4.88. The third-order valence-corrected chi connectivity index (χ3v) is 4.90. The van der Waals surface area contributed by atoms with Crippen LogP contribution in [0.5, 0.6) is 0 Å². The van der Waals surface area contributed by atoms with Gasteiger partial charge in [0.25, 0.3) is 0 Å². The molecule has 0 spiro atoms. The van der Waals surface area contributed by atoms with E-state index in [4.69, 9.17) is 11.0 Å². The predicted octanol–water partition coefficient (Wildman–Crippen LogP) is 0.581. The van der Waals surface area contributed by atoms with Crippen LogP contribution in [0.2, 0.25) is 0 Å². The van der Waals surface area contributed by atoms with Gasteiger partial charge < -0.3 is 5.73 Å². The van der Waals surface area contributed by atoms with Crippen LogP contribution in [-0.2, 0) is 10.0 Å². The lowest BCUT2D eigenvalue weighted by Crippen LogP contribution is -2.56.